The van der Waals surface area contributed by atoms with E-state index in [9.17, 15) is 37.9 Å². The van der Waals surface area contributed by atoms with Crippen molar-refractivity contribution in [3.05, 3.63) is 16.7 Å². The number of anilines is 1. The van der Waals surface area contributed by atoms with Crippen LogP contribution in [0, 0.1) is 0 Å². The fourth-order valence-corrected chi connectivity index (χ4v) is 5.95. The second-order valence-electron chi connectivity index (χ2n) is 10.5. The molecule has 43 heavy (non-hydrogen) atoms. The van der Waals surface area contributed by atoms with E-state index in [4.69, 9.17) is 24.5 Å². The third-order valence-corrected chi connectivity index (χ3v) is 8.11. The number of nitrogen functional groups attached to an aromatic ring is 1. The number of ether oxygens (including phenoxy) is 3. The summed E-state index contributed by atoms with van der Waals surface area (Å²) in [5.41, 5.74) is 1.30. The number of fused-ring (bicyclic) bond motifs is 1. The van der Waals surface area contributed by atoms with Crippen LogP contribution in [0.15, 0.2) is 11.1 Å². The van der Waals surface area contributed by atoms with E-state index in [1.54, 1.807) is 27.7 Å². The molecule has 1 saturated heterocycles. The Morgan fingerprint density at radius 2 is 1.67 bits per heavy atom. The van der Waals surface area contributed by atoms with Crippen molar-refractivity contribution in [2.45, 2.75) is 96.3 Å². The molecule has 2 aromatic heterocycles. The van der Waals surface area contributed by atoms with Crippen molar-refractivity contribution in [3.63, 3.8) is 0 Å². The molecule has 0 saturated carbocycles. The van der Waals surface area contributed by atoms with Crippen LogP contribution in [0.1, 0.15) is 47.8 Å². The van der Waals surface area contributed by atoms with Gasteiger partial charge in [-0.05, 0) is 41.5 Å². The number of imidazole rings is 1. The lowest BCUT2D eigenvalue weighted by Crippen LogP contribution is -2.53. The Bertz CT molecular complexity index is 1390. The van der Waals surface area contributed by atoms with Crippen molar-refractivity contribution in [2.24, 2.45) is 0 Å². The third-order valence-electron chi connectivity index (χ3n) is 6.16. The largest absolute Gasteiger partial charge is 0.462 e. The molecule has 1 aliphatic rings. The molecule has 3 heterocycles. The minimum atomic E-state index is -4.64. The first-order chi connectivity index (χ1) is 19.9. The summed E-state index contributed by atoms with van der Waals surface area (Å²) in [6.45, 7) is 7.45. The van der Waals surface area contributed by atoms with Gasteiger partial charge in [-0.3, -0.25) is 28.5 Å². The average Bonchev–Trinajstić information content (AvgIpc) is 3.41. The molecule has 0 spiro atoms. The highest BCUT2D eigenvalue weighted by molar-refractivity contribution is 7.54. The number of halogens is 2. The summed E-state index contributed by atoms with van der Waals surface area (Å²) in [6.07, 6.45) is -9.89. The first-order valence-corrected chi connectivity index (χ1v) is 14.8. The highest BCUT2D eigenvalue weighted by atomic mass is 31.2. The molecular formula is C23H36F2N7O10P. The molecule has 6 unspecified atom stereocenters. The summed E-state index contributed by atoms with van der Waals surface area (Å²) in [5.74, 6) is -2.09. The highest BCUT2D eigenvalue weighted by Gasteiger charge is 2.61. The molecule has 0 radical (unpaired) electrons. The summed E-state index contributed by atoms with van der Waals surface area (Å²) in [4.78, 5) is 46.9. The van der Waals surface area contributed by atoms with Crippen molar-refractivity contribution in [3.8, 4) is 0 Å². The van der Waals surface area contributed by atoms with Crippen LogP contribution in [0.4, 0.5) is 14.7 Å². The predicted octanol–water partition coefficient (Wildman–Crippen LogP) is -0.0596. The molecular weight excluding hydrogens is 603 g/mol. The number of carbonyl (C=O) groups excluding carboxylic acids is 2. The molecule has 2 aromatic rings. The molecule has 17 nitrogen and oxygen atoms in total. The van der Waals surface area contributed by atoms with Gasteiger partial charge in [0.15, 0.2) is 23.0 Å². The second kappa shape index (κ2) is 13.3. The van der Waals surface area contributed by atoms with Gasteiger partial charge in [0.25, 0.3) is 12.0 Å². The Kier molecular flexibility index (Phi) is 10.6. The number of aliphatic hydroxyl groups excluding tert-OH is 2. The Morgan fingerprint density at radius 3 is 2.16 bits per heavy atom. The van der Waals surface area contributed by atoms with Gasteiger partial charge in [-0.25, -0.2) is 23.9 Å². The molecule has 0 bridgehead atoms. The Hall–Kier alpha value is -3.06. The van der Waals surface area contributed by atoms with Gasteiger partial charge in [0.2, 0.25) is 5.95 Å². The van der Waals surface area contributed by atoms with Crippen LogP contribution in [0.2, 0.25) is 0 Å². The van der Waals surface area contributed by atoms with Crippen LogP contribution in [0.5, 0.6) is 0 Å². The maximum Gasteiger partial charge on any atom is 0.342 e. The van der Waals surface area contributed by atoms with Crippen LogP contribution in [-0.4, -0.2) is 96.8 Å². The fourth-order valence-electron chi connectivity index (χ4n) is 4.11. The molecule has 1 fully saturated rings. The molecule has 0 aromatic carbocycles. The predicted molar refractivity (Wildman–Crippen MR) is 145 cm³/mol. The first-order valence-electron chi connectivity index (χ1n) is 13.2. The molecule has 3 rings (SSSR count). The number of esters is 2. The van der Waals surface area contributed by atoms with Crippen LogP contribution in [0.3, 0.4) is 0 Å². The average molecular weight is 640 g/mol. The number of hydrogen-bond acceptors (Lipinski definition) is 13. The van der Waals surface area contributed by atoms with E-state index in [1.165, 1.54) is 13.8 Å². The van der Waals surface area contributed by atoms with Crippen LogP contribution in [-0.2, 0) is 32.9 Å². The Balaban J connectivity index is 1.94. The van der Waals surface area contributed by atoms with Gasteiger partial charge in [0.05, 0.1) is 25.1 Å². The smallest absolute Gasteiger partial charge is 0.342 e. The lowest BCUT2D eigenvalue weighted by molar-refractivity contribution is -0.191. The minimum Gasteiger partial charge on any atom is -0.462 e. The van der Waals surface area contributed by atoms with Crippen molar-refractivity contribution in [1.29, 1.82) is 0 Å². The lowest BCUT2D eigenvalue weighted by atomic mass is 9.96. The normalized spacial score (nSPS) is 25.3. The van der Waals surface area contributed by atoms with Gasteiger partial charge >= 0.3 is 19.6 Å². The van der Waals surface area contributed by atoms with Crippen molar-refractivity contribution in [2.75, 3.05) is 12.3 Å². The van der Waals surface area contributed by atoms with E-state index in [0.29, 0.717) is 0 Å². The van der Waals surface area contributed by atoms with Gasteiger partial charge in [0, 0.05) is 0 Å². The van der Waals surface area contributed by atoms with Gasteiger partial charge in [-0.1, -0.05) is 0 Å². The zero-order valence-corrected chi connectivity index (χ0v) is 25.1. The highest BCUT2D eigenvalue weighted by Crippen LogP contribution is 2.47. The van der Waals surface area contributed by atoms with Crippen molar-refractivity contribution >= 4 is 36.7 Å². The number of aromatic amines is 1. The van der Waals surface area contributed by atoms with Crippen LogP contribution < -0.4 is 21.5 Å². The van der Waals surface area contributed by atoms with Gasteiger partial charge in [0.1, 0.15) is 24.3 Å². The first kappa shape index (κ1) is 34.4. The third kappa shape index (κ3) is 7.54. The standard InChI is InChI=1S/C23H36F2N7O10P/c1-9(2)40-19(36)11(5)30-43(38,31-12(6)20(37)41-10(3)4)39-7-23(21(24)25)15(34)14(33)18(42-23)32-8-27-13-16(32)28-22(26)29-17(13)35/h8-12,14-15,18,21,33-34H,7H2,1-6H3,(H2,30,31,38)(H3,26,28,29,35). The second-order valence-corrected chi connectivity index (χ2v) is 12.4. The lowest BCUT2D eigenvalue weighted by Gasteiger charge is -2.33. The summed E-state index contributed by atoms with van der Waals surface area (Å²) in [7, 11) is -4.64. The number of nitrogens with zero attached hydrogens (tertiary/aromatic N) is 3. The van der Waals surface area contributed by atoms with Gasteiger partial charge < -0.3 is 34.7 Å². The maximum atomic E-state index is 14.6. The van der Waals surface area contributed by atoms with Gasteiger partial charge in [-0.15, -0.1) is 0 Å². The maximum absolute atomic E-state index is 14.6. The van der Waals surface area contributed by atoms with E-state index in [0.717, 1.165) is 10.9 Å². The summed E-state index contributed by atoms with van der Waals surface area (Å²) in [6, 6.07) is -2.67. The minimum absolute atomic E-state index is 0.243. The fraction of sp³-hybridized carbons (Fsp3) is 0.696. The van der Waals surface area contributed by atoms with Crippen LogP contribution >= 0.6 is 7.67 Å². The van der Waals surface area contributed by atoms with Crippen LogP contribution in [0.25, 0.3) is 11.2 Å². The zero-order valence-electron chi connectivity index (χ0n) is 24.2. The number of hydrogen-bond donors (Lipinski definition) is 6. The topological polar surface area (TPSA) is 242 Å². The van der Waals surface area contributed by atoms with E-state index < -0.39 is 86.5 Å². The van der Waals surface area contributed by atoms with E-state index in [1.807, 2.05) is 0 Å². The number of rotatable bonds is 13. The Labute approximate surface area is 244 Å². The summed E-state index contributed by atoms with van der Waals surface area (Å²) >= 11 is 0. The van der Waals surface area contributed by atoms with E-state index >= 15 is 0 Å². The number of H-pyrrole nitrogens is 1. The molecule has 7 N–H and O–H groups in total. The molecule has 0 amide bonds. The number of carbonyl (C=O) groups is 2. The molecule has 6 atom stereocenters. The quantitative estimate of drug-likeness (QED) is 0.124. The van der Waals surface area contributed by atoms with E-state index in [-0.39, 0.29) is 17.1 Å². The van der Waals surface area contributed by atoms with Crippen molar-refractivity contribution in [1.82, 2.24) is 29.7 Å². The molecule has 20 heteroatoms. The summed E-state index contributed by atoms with van der Waals surface area (Å²) < 4.78 is 65.1. The number of nitrogens with one attached hydrogen (secondary N) is 3. The van der Waals surface area contributed by atoms with Crippen molar-refractivity contribution < 1.29 is 51.9 Å². The van der Waals surface area contributed by atoms with Gasteiger partial charge in [-0.2, -0.15) is 4.98 Å². The SMILES string of the molecule is CC(C)OC(=O)C(C)NP(=O)(NC(C)C(=O)OC(C)C)OCC1(C(F)F)OC(n2cnc3c(=O)[nH]c(N)nc32)C(O)C1O. The van der Waals surface area contributed by atoms with E-state index in [2.05, 4.69) is 25.1 Å². The zero-order chi connectivity index (χ0) is 32.4. The number of nitrogens with two attached hydrogens (primary N) is 1. The monoisotopic (exact) mass is 639 g/mol. The molecule has 0 aliphatic carbocycles. The number of alkyl halides is 2. The number of aromatic nitrogens is 4. The molecule has 1 aliphatic heterocycles. The summed E-state index contributed by atoms with van der Waals surface area (Å²) in [5, 5.41) is 26.2. The Morgan fingerprint density at radius 1 is 1.14 bits per heavy atom. The molecule has 242 valence electrons. The number of aliphatic hydroxyl groups is 2.